The molecule has 1 rings (SSSR count). The molecule has 1 aliphatic rings. The van der Waals surface area contributed by atoms with Gasteiger partial charge < -0.3 is 10.2 Å². The minimum Gasteiger partial charge on any atom is -0.370 e. The summed E-state index contributed by atoms with van der Waals surface area (Å²) in [6.45, 7) is 6.28. The summed E-state index contributed by atoms with van der Waals surface area (Å²) in [5.41, 5.74) is 0. The lowest BCUT2D eigenvalue weighted by Crippen LogP contribution is -2.42. The van der Waals surface area contributed by atoms with E-state index in [1.165, 1.54) is 0 Å². The molecule has 2 N–H and O–H groups in total. The summed E-state index contributed by atoms with van der Waals surface area (Å²) in [4.78, 5) is 24.4. The van der Waals surface area contributed by atoms with E-state index in [1.54, 1.807) is 0 Å². The molecule has 6 heteroatoms. The Bertz CT molecular complexity index is 315. The lowest BCUT2D eigenvalue weighted by atomic mass is 10.4. The highest BCUT2D eigenvalue weighted by Crippen LogP contribution is 2.15. The third-order valence-corrected chi connectivity index (χ3v) is 2.03. The van der Waals surface area contributed by atoms with Gasteiger partial charge in [-0.2, -0.15) is 0 Å². The Kier molecular flexibility index (Phi) is 3.23. The smallest absolute Gasteiger partial charge is 0.331 e. The van der Waals surface area contributed by atoms with Crippen molar-refractivity contribution in [3.8, 4) is 0 Å². The molecule has 6 nitrogen and oxygen atoms in total. The molecule has 82 valence electrons. The highest BCUT2D eigenvalue weighted by molar-refractivity contribution is 6.02. The fraction of sp³-hybridized carbons (Fsp3) is 0.333. The molecule has 1 heterocycles. The van der Waals surface area contributed by atoms with Crippen LogP contribution >= 0.6 is 0 Å². The average molecular weight is 212 g/mol. The van der Waals surface area contributed by atoms with Crippen molar-refractivity contribution in [1.82, 2.24) is 9.80 Å². The maximum atomic E-state index is 11.5. The van der Waals surface area contributed by atoms with Gasteiger partial charge in [0.25, 0.3) is 5.91 Å². The first kappa shape index (κ1) is 11.4. The van der Waals surface area contributed by atoms with Crippen LogP contribution in [0.5, 0.6) is 0 Å². The fourth-order valence-corrected chi connectivity index (χ4v) is 1.23. The van der Waals surface area contributed by atoms with Gasteiger partial charge in [0.1, 0.15) is 12.8 Å². The molecule has 0 radical (unpaired) electrons. The topological polar surface area (TPSA) is 81.1 Å². The SMILES string of the molecule is C=CC(O)N1CC(=O)N(C(O)C=C)C1=O. The third-order valence-electron chi connectivity index (χ3n) is 2.03. The van der Waals surface area contributed by atoms with Crippen molar-refractivity contribution in [2.45, 2.75) is 12.5 Å². The Morgan fingerprint density at radius 1 is 1.20 bits per heavy atom. The predicted molar refractivity (Wildman–Crippen MR) is 51.4 cm³/mol. The number of nitrogens with zero attached hydrogens (tertiary/aromatic N) is 2. The number of aliphatic hydroxyl groups is 2. The number of urea groups is 1. The van der Waals surface area contributed by atoms with Gasteiger partial charge in [-0.15, -0.1) is 0 Å². The molecule has 15 heavy (non-hydrogen) atoms. The van der Waals surface area contributed by atoms with Gasteiger partial charge >= 0.3 is 6.03 Å². The Morgan fingerprint density at radius 2 is 1.73 bits per heavy atom. The van der Waals surface area contributed by atoms with E-state index in [9.17, 15) is 19.8 Å². The quantitative estimate of drug-likeness (QED) is 0.475. The van der Waals surface area contributed by atoms with Crippen LogP contribution in [0.15, 0.2) is 25.3 Å². The molecule has 0 spiro atoms. The largest absolute Gasteiger partial charge is 0.370 e. The molecule has 3 amide bonds. The van der Waals surface area contributed by atoms with E-state index in [1.807, 2.05) is 0 Å². The molecular formula is C9H12N2O4. The number of carbonyl (C=O) groups is 2. The molecule has 2 unspecified atom stereocenters. The predicted octanol–water partition coefficient (Wildman–Crippen LogP) is -0.741. The van der Waals surface area contributed by atoms with Gasteiger partial charge in [0, 0.05) is 0 Å². The molecular weight excluding hydrogens is 200 g/mol. The number of hydrogen-bond acceptors (Lipinski definition) is 4. The molecule has 2 atom stereocenters. The van der Waals surface area contributed by atoms with Gasteiger partial charge in [-0.1, -0.05) is 13.2 Å². The van der Waals surface area contributed by atoms with Crippen LogP contribution in [-0.2, 0) is 4.79 Å². The van der Waals surface area contributed by atoms with Gasteiger partial charge in [0.2, 0.25) is 0 Å². The zero-order valence-electron chi connectivity index (χ0n) is 8.04. The number of imide groups is 1. The Balaban J connectivity index is 2.88. The second kappa shape index (κ2) is 4.24. The van der Waals surface area contributed by atoms with Crippen LogP contribution < -0.4 is 0 Å². The van der Waals surface area contributed by atoms with Crippen LogP contribution in [0, 0.1) is 0 Å². The molecule has 0 saturated carbocycles. The highest BCUT2D eigenvalue weighted by atomic mass is 16.3. The van der Waals surface area contributed by atoms with E-state index < -0.39 is 24.4 Å². The van der Waals surface area contributed by atoms with Crippen molar-refractivity contribution in [2.75, 3.05) is 6.54 Å². The van der Waals surface area contributed by atoms with Crippen molar-refractivity contribution >= 4 is 11.9 Å². The van der Waals surface area contributed by atoms with Crippen LogP contribution in [0.25, 0.3) is 0 Å². The number of carbonyl (C=O) groups excluding carboxylic acids is 2. The van der Waals surface area contributed by atoms with Crippen LogP contribution in [-0.4, -0.2) is 51.0 Å². The number of aliphatic hydroxyl groups excluding tert-OH is 2. The standard InChI is InChI=1S/C9H12N2O4/c1-3-6(12)10-5-8(14)11(9(10)15)7(13)4-2/h3-4,6-7,12-13H,1-2,5H2. The van der Waals surface area contributed by atoms with Crippen molar-refractivity contribution in [1.29, 1.82) is 0 Å². The van der Waals surface area contributed by atoms with E-state index in [0.29, 0.717) is 4.90 Å². The summed E-state index contributed by atoms with van der Waals surface area (Å²) in [7, 11) is 0. The zero-order chi connectivity index (χ0) is 11.6. The summed E-state index contributed by atoms with van der Waals surface area (Å²) in [5, 5.41) is 18.6. The van der Waals surface area contributed by atoms with E-state index in [-0.39, 0.29) is 6.54 Å². The highest BCUT2D eigenvalue weighted by Gasteiger charge is 2.41. The van der Waals surface area contributed by atoms with Crippen LogP contribution in [0.2, 0.25) is 0 Å². The first-order valence-corrected chi connectivity index (χ1v) is 4.26. The van der Waals surface area contributed by atoms with E-state index in [2.05, 4.69) is 13.2 Å². The fourth-order valence-electron chi connectivity index (χ4n) is 1.23. The maximum Gasteiger partial charge on any atom is 0.331 e. The van der Waals surface area contributed by atoms with Gasteiger partial charge in [0.15, 0.2) is 6.23 Å². The summed E-state index contributed by atoms with van der Waals surface area (Å²) < 4.78 is 0. The number of amides is 3. The normalized spacial score (nSPS) is 20.4. The van der Waals surface area contributed by atoms with Crippen LogP contribution in [0.3, 0.4) is 0 Å². The van der Waals surface area contributed by atoms with E-state index in [4.69, 9.17) is 0 Å². The van der Waals surface area contributed by atoms with Crippen molar-refractivity contribution in [2.24, 2.45) is 0 Å². The van der Waals surface area contributed by atoms with Gasteiger partial charge in [0.05, 0.1) is 0 Å². The monoisotopic (exact) mass is 212 g/mol. The Morgan fingerprint density at radius 3 is 2.20 bits per heavy atom. The van der Waals surface area contributed by atoms with Crippen molar-refractivity contribution in [3.05, 3.63) is 25.3 Å². The van der Waals surface area contributed by atoms with Crippen LogP contribution in [0.4, 0.5) is 4.79 Å². The van der Waals surface area contributed by atoms with Crippen molar-refractivity contribution < 1.29 is 19.8 Å². The lowest BCUT2D eigenvalue weighted by molar-refractivity contribution is -0.130. The Labute approximate surface area is 86.7 Å². The van der Waals surface area contributed by atoms with E-state index in [0.717, 1.165) is 17.1 Å². The minimum absolute atomic E-state index is 0.281. The molecule has 0 aliphatic carbocycles. The van der Waals surface area contributed by atoms with Crippen molar-refractivity contribution in [3.63, 3.8) is 0 Å². The first-order chi connectivity index (χ1) is 7.02. The molecule has 0 aromatic carbocycles. The third kappa shape index (κ3) is 1.90. The molecule has 1 saturated heterocycles. The maximum absolute atomic E-state index is 11.5. The molecule has 0 bridgehead atoms. The summed E-state index contributed by atoms with van der Waals surface area (Å²) in [6, 6.07) is -0.764. The first-order valence-electron chi connectivity index (χ1n) is 4.26. The number of rotatable bonds is 4. The molecule has 0 aromatic rings. The summed E-state index contributed by atoms with van der Waals surface area (Å²) >= 11 is 0. The summed E-state index contributed by atoms with van der Waals surface area (Å²) in [6.07, 6.45) is -0.426. The van der Waals surface area contributed by atoms with Gasteiger partial charge in [-0.25, -0.2) is 9.69 Å². The van der Waals surface area contributed by atoms with Crippen LogP contribution in [0.1, 0.15) is 0 Å². The lowest BCUT2D eigenvalue weighted by Gasteiger charge is -2.21. The van der Waals surface area contributed by atoms with Gasteiger partial charge in [-0.05, 0) is 12.2 Å². The zero-order valence-corrected chi connectivity index (χ0v) is 8.04. The van der Waals surface area contributed by atoms with E-state index >= 15 is 0 Å². The number of hydrogen-bond donors (Lipinski definition) is 2. The minimum atomic E-state index is -1.37. The molecule has 1 fully saturated rings. The van der Waals surface area contributed by atoms with Gasteiger partial charge in [-0.3, -0.25) is 9.69 Å². The average Bonchev–Trinajstić information content (AvgIpc) is 2.52. The second-order valence-corrected chi connectivity index (χ2v) is 2.97. The molecule has 0 aromatic heterocycles. The second-order valence-electron chi connectivity index (χ2n) is 2.97. The molecule has 1 aliphatic heterocycles. The Hall–Kier alpha value is -1.66. The summed E-state index contributed by atoms with van der Waals surface area (Å²) in [5.74, 6) is -0.590.